The SMILES string of the molecule is COc1ccccc1-c1cc(C(=O)N2CCC3(CC2)OCCO3)nc2cc(C(C)(C)C)nn12. The molecule has 1 spiro atoms. The van der Waals surface area contributed by atoms with E-state index in [1.54, 1.807) is 11.6 Å². The number of amides is 1. The standard InChI is InChI=1S/C25H30N4O4/c1-24(2,3)21-16-22-26-18(23(30)28-11-9-25(10-12-28)32-13-14-33-25)15-19(29(22)27-21)17-7-5-6-8-20(17)31-4/h5-8,15-16H,9-14H2,1-4H3. The summed E-state index contributed by atoms with van der Waals surface area (Å²) in [5.41, 5.74) is 3.42. The third-order valence-electron chi connectivity index (χ3n) is 6.42. The van der Waals surface area contributed by atoms with Gasteiger partial charge in [-0.1, -0.05) is 32.9 Å². The minimum Gasteiger partial charge on any atom is -0.496 e. The van der Waals surface area contributed by atoms with Gasteiger partial charge < -0.3 is 19.1 Å². The zero-order chi connectivity index (χ0) is 23.2. The van der Waals surface area contributed by atoms with Crippen LogP contribution >= 0.6 is 0 Å². The lowest BCUT2D eigenvalue weighted by Crippen LogP contribution is -2.47. The van der Waals surface area contributed by atoms with E-state index in [4.69, 9.17) is 24.3 Å². The fourth-order valence-corrected chi connectivity index (χ4v) is 4.50. The van der Waals surface area contributed by atoms with Crippen molar-refractivity contribution >= 4 is 11.6 Å². The Morgan fingerprint density at radius 3 is 2.45 bits per heavy atom. The van der Waals surface area contributed by atoms with Crippen LogP contribution in [-0.2, 0) is 14.9 Å². The van der Waals surface area contributed by atoms with Crippen LogP contribution < -0.4 is 4.74 Å². The Bertz CT molecular complexity index is 1180. The number of ether oxygens (including phenoxy) is 3. The first-order valence-corrected chi connectivity index (χ1v) is 11.4. The second kappa shape index (κ2) is 8.11. The van der Waals surface area contributed by atoms with Crippen LogP contribution in [0.15, 0.2) is 36.4 Å². The van der Waals surface area contributed by atoms with Crippen LogP contribution in [0.3, 0.4) is 0 Å². The largest absolute Gasteiger partial charge is 0.496 e. The highest BCUT2D eigenvalue weighted by Crippen LogP contribution is 2.34. The normalized spacial score (nSPS) is 18.2. The van der Waals surface area contributed by atoms with Crippen molar-refractivity contribution in [2.24, 2.45) is 0 Å². The summed E-state index contributed by atoms with van der Waals surface area (Å²) in [6.07, 6.45) is 1.34. The molecule has 8 heteroatoms. The van der Waals surface area contributed by atoms with Crippen LogP contribution in [0, 0.1) is 0 Å². The summed E-state index contributed by atoms with van der Waals surface area (Å²) in [6, 6.07) is 11.5. The first kappa shape index (κ1) is 21.9. The molecule has 2 saturated heterocycles. The molecule has 3 aromatic rings. The molecule has 5 rings (SSSR count). The van der Waals surface area contributed by atoms with Crippen molar-refractivity contribution in [3.8, 4) is 17.0 Å². The quantitative estimate of drug-likeness (QED) is 0.606. The van der Waals surface area contributed by atoms with Gasteiger partial charge in [0, 0.05) is 43.0 Å². The number of aromatic nitrogens is 3. The molecule has 0 atom stereocenters. The zero-order valence-corrected chi connectivity index (χ0v) is 19.6. The second-order valence-corrected chi connectivity index (χ2v) is 9.68. The number of piperidine rings is 1. The van der Waals surface area contributed by atoms with Gasteiger partial charge in [-0.05, 0) is 18.2 Å². The maximum absolute atomic E-state index is 13.5. The Balaban J connectivity index is 1.56. The van der Waals surface area contributed by atoms with E-state index >= 15 is 0 Å². The Kier molecular flexibility index (Phi) is 5.37. The van der Waals surface area contributed by atoms with Gasteiger partial charge in [0.2, 0.25) is 0 Å². The monoisotopic (exact) mass is 450 g/mol. The molecule has 8 nitrogen and oxygen atoms in total. The number of carbonyl (C=O) groups excluding carboxylic acids is 1. The number of fused-ring (bicyclic) bond motifs is 1. The summed E-state index contributed by atoms with van der Waals surface area (Å²) in [7, 11) is 1.64. The fraction of sp³-hybridized carbons (Fsp3) is 0.480. The molecule has 2 aromatic heterocycles. The Labute approximate surface area is 193 Å². The van der Waals surface area contributed by atoms with E-state index in [0.717, 1.165) is 17.0 Å². The van der Waals surface area contributed by atoms with Crippen LogP contribution in [0.2, 0.25) is 0 Å². The minimum absolute atomic E-state index is 0.0972. The Morgan fingerprint density at radius 1 is 1.09 bits per heavy atom. The summed E-state index contributed by atoms with van der Waals surface area (Å²) in [5.74, 6) is 0.0933. The molecule has 4 heterocycles. The van der Waals surface area contributed by atoms with Crippen molar-refractivity contribution in [1.29, 1.82) is 0 Å². The highest BCUT2D eigenvalue weighted by Gasteiger charge is 2.41. The van der Waals surface area contributed by atoms with Gasteiger partial charge in [0.15, 0.2) is 11.4 Å². The molecule has 1 aromatic carbocycles. The number of likely N-dealkylation sites (tertiary alicyclic amines) is 1. The first-order chi connectivity index (χ1) is 15.8. The second-order valence-electron chi connectivity index (χ2n) is 9.68. The van der Waals surface area contributed by atoms with Gasteiger partial charge in [-0.25, -0.2) is 9.50 Å². The number of hydrogen-bond donors (Lipinski definition) is 0. The zero-order valence-electron chi connectivity index (χ0n) is 19.6. The van der Waals surface area contributed by atoms with E-state index < -0.39 is 5.79 Å². The third-order valence-corrected chi connectivity index (χ3v) is 6.42. The van der Waals surface area contributed by atoms with Crippen LogP contribution in [0.5, 0.6) is 5.75 Å². The fourth-order valence-electron chi connectivity index (χ4n) is 4.50. The maximum atomic E-state index is 13.5. The molecule has 2 aliphatic heterocycles. The molecule has 0 saturated carbocycles. The summed E-state index contributed by atoms with van der Waals surface area (Å²) in [4.78, 5) is 20.1. The van der Waals surface area contributed by atoms with Gasteiger partial charge in [-0.2, -0.15) is 5.10 Å². The average Bonchev–Trinajstić information content (AvgIpc) is 3.46. The molecule has 2 fully saturated rings. The summed E-state index contributed by atoms with van der Waals surface area (Å²) < 4.78 is 19.0. The number of methoxy groups -OCH3 is 1. The smallest absolute Gasteiger partial charge is 0.272 e. The topological polar surface area (TPSA) is 78.2 Å². The third kappa shape index (κ3) is 3.98. The van der Waals surface area contributed by atoms with Gasteiger partial charge in [0.05, 0.1) is 31.7 Å². The molecular formula is C25H30N4O4. The molecule has 0 bridgehead atoms. The van der Waals surface area contributed by atoms with Gasteiger partial charge in [0.25, 0.3) is 5.91 Å². The van der Waals surface area contributed by atoms with Gasteiger partial charge in [-0.15, -0.1) is 0 Å². The van der Waals surface area contributed by atoms with Gasteiger partial charge >= 0.3 is 0 Å². The highest BCUT2D eigenvalue weighted by molar-refractivity contribution is 5.94. The molecule has 2 aliphatic rings. The van der Waals surface area contributed by atoms with Crippen molar-refractivity contribution in [2.45, 2.75) is 44.8 Å². The Hall–Kier alpha value is -2.97. The van der Waals surface area contributed by atoms with Crippen LogP contribution in [0.1, 0.15) is 49.8 Å². The maximum Gasteiger partial charge on any atom is 0.272 e. The highest BCUT2D eigenvalue weighted by atomic mass is 16.7. The Morgan fingerprint density at radius 2 is 1.79 bits per heavy atom. The van der Waals surface area contributed by atoms with Crippen molar-refractivity contribution in [2.75, 3.05) is 33.4 Å². The lowest BCUT2D eigenvalue weighted by Gasteiger charge is -2.37. The molecule has 33 heavy (non-hydrogen) atoms. The minimum atomic E-state index is -0.524. The first-order valence-electron chi connectivity index (χ1n) is 11.4. The predicted octanol–water partition coefficient (Wildman–Crippen LogP) is 3.68. The lowest BCUT2D eigenvalue weighted by atomic mass is 9.93. The number of nitrogens with zero attached hydrogens (tertiary/aromatic N) is 4. The van der Waals surface area contributed by atoms with Crippen molar-refractivity contribution in [1.82, 2.24) is 19.5 Å². The molecule has 0 radical (unpaired) electrons. The van der Waals surface area contributed by atoms with E-state index in [1.807, 2.05) is 41.3 Å². The van der Waals surface area contributed by atoms with Crippen molar-refractivity contribution < 1.29 is 19.0 Å². The summed E-state index contributed by atoms with van der Waals surface area (Å²) >= 11 is 0. The van der Waals surface area contributed by atoms with Crippen LogP contribution in [0.4, 0.5) is 0 Å². The summed E-state index contributed by atoms with van der Waals surface area (Å²) in [6.45, 7) is 8.71. The number of rotatable bonds is 3. The van der Waals surface area contributed by atoms with Crippen LogP contribution in [-0.4, -0.2) is 64.6 Å². The van der Waals surface area contributed by atoms with E-state index in [9.17, 15) is 4.79 Å². The number of benzene rings is 1. The number of para-hydroxylation sites is 1. The van der Waals surface area contributed by atoms with E-state index in [-0.39, 0.29) is 11.3 Å². The molecular weight excluding hydrogens is 420 g/mol. The molecule has 174 valence electrons. The van der Waals surface area contributed by atoms with E-state index in [2.05, 4.69) is 20.8 Å². The number of carbonyl (C=O) groups is 1. The average molecular weight is 451 g/mol. The number of hydrogen-bond acceptors (Lipinski definition) is 6. The molecule has 0 unspecified atom stereocenters. The molecule has 1 amide bonds. The van der Waals surface area contributed by atoms with Gasteiger partial charge in [-0.3, -0.25) is 4.79 Å². The van der Waals surface area contributed by atoms with Gasteiger partial charge in [0.1, 0.15) is 11.4 Å². The van der Waals surface area contributed by atoms with Crippen molar-refractivity contribution in [3.05, 3.63) is 47.8 Å². The summed E-state index contributed by atoms with van der Waals surface area (Å²) in [5, 5.41) is 4.84. The molecule has 0 aliphatic carbocycles. The molecule has 0 N–H and O–H groups in total. The lowest BCUT2D eigenvalue weighted by molar-refractivity contribution is -0.181. The predicted molar refractivity (Wildman–Crippen MR) is 123 cm³/mol. The van der Waals surface area contributed by atoms with Crippen molar-refractivity contribution in [3.63, 3.8) is 0 Å². The van der Waals surface area contributed by atoms with E-state index in [0.29, 0.717) is 56.2 Å². The van der Waals surface area contributed by atoms with E-state index in [1.165, 1.54) is 0 Å². The van der Waals surface area contributed by atoms with Crippen LogP contribution in [0.25, 0.3) is 16.9 Å².